The Balaban J connectivity index is 1.46. The summed E-state index contributed by atoms with van der Waals surface area (Å²) in [6.45, 7) is 7.62. The Bertz CT molecular complexity index is 1670. The fourth-order valence-corrected chi connectivity index (χ4v) is 10.5. The van der Waals surface area contributed by atoms with Gasteiger partial charge in [-0.25, -0.2) is 4.79 Å². The highest BCUT2D eigenvalue weighted by atomic mass is 32.2. The predicted octanol–water partition coefficient (Wildman–Crippen LogP) is 11.1. The zero-order valence-corrected chi connectivity index (χ0v) is 38.1. The highest BCUT2D eigenvalue weighted by Crippen LogP contribution is 2.61. The Morgan fingerprint density at radius 3 is 2.33 bits per heavy atom. The maximum absolute atomic E-state index is 14.1. The summed E-state index contributed by atoms with van der Waals surface area (Å²) in [5.74, 6) is 0.747. The molecule has 1 fully saturated rings. The van der Waals surface area contributed by atoms with Crippen molar-refractivity contribution in [1.82, 2.24) is 4.90 Å². The van der Waals surface area contributed by atoms with Gasteiger partial charge < -0.3 is 38.9 Å². The van der Waals surface area contributed by atoms with E-state index in [0.717, 1.165) is 79.7 Å². The summed E-state index contributed by atoms with van der Waals surface area (Å²) in [6.07, 6.45) is 20.9. The van der Waals surface area contributed by atoms with E-state index in [-0.39, 0.29) is 43.5 Å². The van der Waals surface area contributed by atoms with E-state index >= 15 is 0 Å². The van der Waals surface area contributed by atoms with Crippen LogP contribution in [0.5, 0.6) is 11.5 Å². The van der Waals surface area contributed by atoms with Crippen molar-refractivity contribution in [2.75, 3.05) is 52.9 Å². The van der Waals surface area contributed by atoms with Gasteiger partial charge in [0.2, 0.25) is 5.79 Å². The van der Waals surface area contributed by atoms with Gasteiger partial charge in [0.1, 0.15) is 24.7 Å². The molecule has 0 unspecified atom stereocenters. The lowest BCUT2D eigenvalue weighted by Crippen LogP contribution is -2.69. The molecular formula is C50H74N2O8S. The average molecular weight is 863 g/mol. The van der Waals surface area contributed by atoms with Gasteiger partial charge in [0, 0.05) is 48.8 Å². The molecule has 2 aromatic carbocycles. The van der Waals surface area contributed by atoms with Gasteiger partial charge in [0.25, 0.3) is 0 Å². The molecule has 1 heterocycles. The number of unbranched alkanes of at least 4 members (excludes halogenated alkanes) is 11. The van der Waals surface area contributed by atoms with Crippen LogP contribution in [0.15, 0.2) is 82.9 Å². The first kappa shape index (κ1) is 48.5. The van der Waals surface area contributed by atoms with Gasteiger partial charge in [-0.3, -0.25) is 0 Å². The third-order valence-electron chi connectivity index (χ3n) is 12.7. The van der Waals surface area contributed by atoms with Crippen LogP contribution in [0.25, 0.3) is 0 Å². The van der Waals surface area contributed by atoms with Crippen molar-refractivity contribution in [3.8, 4) is 11.5 Å². The van der Waals surface area contributed by atoms with Crippen molar-refractivity contribution in [1.29, 1.82) is 0 Å². The Hall–Kier alpha value is -3.51. The normalized spacial score (nSPS) is 23.3. The maximum atomic E-state index is 14.1. The molecule has 6 atom stereocenters. The topological polar surface area (TPSA) is 119 Å². The maximum Gasteiger partial charge on any atom is 0.409 e. The van der Waals surface area contributed by atoms with E-state index in [0.29, 0.717) is 31.8 Å². The zero-order chi connectivity index (χ0) is 43.3. The molecule has 2 aliphatic carbocycles. The van der Waals surface area contributed by atoms with E-state index in [4.69, 9.17) is 23.8 Å². The number of ether oxygens (including phenoxy) is 4. The number of carbonyl (C=O) groups is 1. The number of thioether (sulfide) groups is 1. The molecule has 338 valence electrons. The second kappa shape index (κ2) is 26.2. The number of allylic oxidation sites excluding steroid dienone is 1. The largest absolute Gasteiger partial charge is 0.493 e. The van der Waals surface area contributed by atoms with E-state index in [1.165, 1.54) is 49.8 Å². The molecule has 61 heavy (non-hydrogen) atoms. The number of oxime groups is 1. The molecule has 0 radical (unpaired) electrons. The smallest absolute Gasteiger partial charge is 0.409 e. The fraction of sp³-hybridized carbons (Fsp3) is 0.640. The monoisotopic (exact) mass is 863 g/mol. The second-order valence-corrected chi connectivity index (χ2v) is 18.0. The number of rotatable bonds is 29. The van der Waals surface area contributed by atoms with E-state index in [1.54, 1.807) is 36.9 Å². The molecule has 1 aliphatic heterocycles. The molecule has 0 aromatic heterocycles. The van der Waals surface area contributed by atoms with Crippen LogP contribution < -0.4 is 9.47 Å². The minimum Gasteiger partial charge on any atom is -0.493 e. The molecule has 3 aliphatic rings. The van der Waals surface area contributed by atoms with E-state index in [9.17, 15) is 15.0 Å². The summed E-state index contributed by atoms with van der Waals surface area (Å²) < 4.78 is 26.6. The van der Waals surface area contributed by atoms with Crippen molar-refractivity contribution in [3.05, 3.63) is 78.4 Å². The average Bonchev–Trinajstić information content (AvgIpc) is 3.28. The molecule has 1 amide bonds. The molecule has 11 heteroatoms. The van der Waals surface area contributed by atoms with Crippen LogP contribution in [0, 0.1) is 17.8 Å². The third-order valence-corrected chi connectivity index (χ3v) is 13.7. The van der Waals surface area contributed by atoms with Gasteiger partial charge in [0.15, 0.2) is 0 Å². The highest BCUT2D eigenvalue weighted by Gasteiger charge is 2.65. The van der Waals surface area contributed by atoms with Crippen molar-refractivity contribution >= 4 is 23.6 Å². The van der Waals surface area contributed by atoms with Gasteiger partial charge in [0.05, 0.1) is 31.5 Å². The number of aliphatic hydroxyl groups excluding tert-OH is 2. The molecule has 0 bridgehead atoms. The lowest BCUT2D eigenvalue weighted by Gasteiger charge is -2.59. The lowest BCUT2D eigenvalue weighted by atomic mass is 9.55. The Kier molecular flexibility index (Phi) is 20.8. The standard InChI is InChI=1S/C50H74N2O8S/c1-5-7-8-9-10-11-12-13-14-22-32-58-49(55)52(3)46-37-44(51-56-4)42-35-38(23-18-20-29-53)41(26-19-21-30-54)47-43-36-39(57-33-34-61-40-24-16-15-17-25-40)27-28-45(43)60-50(46,48(42)47)59-31-6-2/h6,15-17,24-25,27-28,35-36,38,41,46-48,53-54H,2,5,7-14,18-23,26,29-34,37H2,1,3-4H3/t38-,41+,46-,47+,48+,50+/m0/s1. The molecule has 5 rings (SSSR count). The van der Waals surface area contributed by atoms with Crippen molar-refractivity contribution < 1.29 is 38.8 Å². The first-order valence-corrected chi connectivity index (χ1v) is 24.2. The number of hydrogen-bond donors (Lipinski definition) is 2. The molecule has 0 saturated heterocycles. The number of aliphatic hydroxyl groups is 2. The van der Waals surface area contributed by atoms with Gasteiger partial charge >= 0.3 is 6.09 Å². The predicted molar refractivity (Wildman–Crippen MR) is 246 cm³/mol. The third kappa shape index (κ3) is 13.3. The van der Waals surface area contributed by atoms with E-state index < -0.39 is 17.9 Å². The number of hydrogen-bond acceptors (Lipinski definition) is 10. The number of nitrogens with zero attached hydrogens (tertiary/aromatic N) is 2. The number of likely N-dealkylation sites (N-methyl/N-ethyl adjacent to an activating group) is 1. The van der Waals surface area contributed by atoms with Crippen molar-refractivity contribution in [2.45, 2.75) is 139 Å². The van der Waals surface area contributed by atoms with Crippen LogP contribution in [0.3, 0.4) is 0 Å². The number of amides is 1. The van der Waals surface area contributed by atoms with Gasteiger partial charge in [-0.2, -0.15) is 0 Å². The van der Waals surface area contributed by atoms with E-state index in [1.807, 2.05) is 30.3 Å². The minimum atomic E-state index is -1.31. The van der Waals surface area contributed by atoms with Crippen LogP contribution >= 0.6 is 11.8 Å². The van der Waals surface area contributed by atoms with Gasteiger partial charge in [-0.15, -0.1) is 18.3 Å². The minimum absolute atomic E-state index is 0.116. The SMILES string of the molecule is C=CCO[C@@]12Oc3ccc(OCCSc4ccccc4)cc3[C@H]3[C@H](CCCCO)[C@@H](CCCCO)C=C(C(=NOC)C[C@@H]1N(C)C(=O)OCCCCCCCCCCCC)[C@H]32. The molecule has 0 spiro atoms. The summed E-state index contributed by atoms with van der Waals surface area (Å²) in [5.41, 5.74) is 2.79. The molecule has 2 N–H and O–H groups in total. The first-order chi connectivity index (χ1) is 29.9. The Morgan fingerprint density at radius 2 is 1.64 bits per heavy atom. The highest BCUT2D eigenvalue weighted by molar-refractivity contribution is 7.99. The van der Waals surface area contributed by atoms with Crippen LogP contribution in [-0.2, 0) is 14.3 Å². The zero-order valence-electron chi connectivity index (χ0n) is 37.3. The summed E-state index contributed by atoms with van der Waals surface area (Å²) in [7, 11) is 3.34. The van der Waals surface area contributed by atoms with Crippen molar-refractivity contribution in [3.63, 3.8) is 0 Å². The second-order valence-electron chi connectivity index (χ2n) is 16.9. The van der Waals surface area contributed by atoms with Crippen LogP contribution in [0.2, 0.25) is 0 Å². The van der Waals surface area contributed by atoms with Crippen LogP contribution in [0.1, 0.15) is 128 Å². The molecule has 1 saturated carbocycles. The lowest BCUT2D eigenvalue weighted by molar-refractivity contribution is -0.253. The molecule has 2 aromatic rings. The summed E-state index contributed by atoms with van der Waals surface area (Å²) >= 11 is 1.76. The summed E-state index contributed by atoms with van der Waals surface area (Å²) in [4.78, 5) is 22.5. The first-order valence-electron chi connectivity index (χ1n) is 23.2. The quantitative estimate of drug-likeness (QED) is 0.0356. The molecular weight excluding hydrogens is 789 g/mol. The van der Waals surface area contributed by atoms with Crippen molar-refractivity contribution in [2.24, 2.45) is 22.9 Å². The Labute approximate surface area is 370 Å². The molecule has 10 nitrogen and oxygen atoms in total. The fourth-order valence-electron chi connectivity index (χ4n) is 9.74. The van der Waals surface area contributed by atoms with Crippen LogP contribution in [-0.4, -0.2) is 91.7 Å². The summed E-state index contributed by atoms with van der Waals surface area (Å²) in [5, 5.41) is 24.4. The van der Waals surface area contributed by atoms with Gasteiger partial charge in [-0.05, 0) is 79.8 Å². The number of benzene rings is 2. The van der Waals surface area contributed by atoms with E-state index in [2.05, 4.69) is 42.9 Å². The summed E-state index contributed by atoms with van der Waals surface area (Å²) in [6, 6.07) is 15.8. The Morgan fingerprint density at radius 1 is 0.934 bits per heavy atom. The number of carbonyl (C=O) groups excluding carboxylic acids is 1. The number of fused-ring (bicyclic) bond motifs is 2. The van der Waals surface area contributed by atoms with Crippen LogP contribution in [0.4, 0.5) is 4.79 Å². The van der Waals surface area contributed by atoms with Gasteiger partial charge in [-0.1, -0.05) is 113 Å².